The third kappa shape index (κ3) is 4.99. The van der Waals surface area contributed by atoms with Crippen molar-refractivity contribution in [3.8, 4) is 0 Å². The fraction of sp³-hybridized carbons (Fsp3) is 0.350. The van der Waals surface area contributed by atoms with Crippen LogP contribution in [0.25, 0.3) is 0 Å². The summed E-state index contributed by atoms with van der Waals surface area (Å²) in [6.45, 7) is 6.15. The first-order chi connectivity index (χ1) is 11.1. The zero-order valence-electron chi connectivity index (χ0n) is 14.1. The van der Waals surface area contributed by atoms with Crippen LogP contribution in [-0.4, -0.2) is 18.7 Å². The highest BCUT2D eigenvalue weighted by Gasteiger charge is 2.23. The zero-order valence-corrected chi connectivity index (χ0v) is 14.9. The minimum atomic E-state index is -0.576. The molecule has 122 valence electrons. The van der Waals surface area contributed by atoms with E-state index in [0.29, 0.717) is 12.3 Å². The summed E-state index contributed by atoms with van der Waals surface area (Å²) in [4.78, 5) is 11.2. The van der Waals surface area contributed by atoms with Crippen LogP contribution in [0.5, 0.6) is 0 Å². The van der Waals surface area contributed by atoms with E-state index >= 15 is 0 Å². The molecule has 0 aromatic heterocycles. The molecule has 2 aromatic rings. The van der Waals surface area contributed by atoms with Crippen LogP contribution in [0.3, 0.4) is 0 Å². The lowest BCUT2D eigenvalue weighted by atomic mass is 9.96. The minimum absolute atomic E-state index is 0.0371. The van der Waals surface area contributed by atoms with Crippen molar-refractivity contribution in [1.29, 1.82) is 0 Å². The summed E-state index contributed by atoms with van der Waals surface area (Å²) in [6.07, 6.45) is 1.60. The Morgan fingerprint density at radius 1 is 0.913 bits per heavy atom. The fourth-order valence-electron chi connectivity index (χ4n) is 2.70. The average molecular weight is 328 g/mol. The topological polar surface area (TPSA) is 26.3 Å². The number of benzene rings is 2. The second-order valence-corrected chi connectivity index (χ2v) is 8.25. The van der Waals surface area contributed by atoms with Gasteiger partial charge in [0.2, 0.25) is 0 Å². The predicted molar refractivity (Wildman–Crippen MR) is 98.9 cm³/mol. The van der Waals surface area contributed by atoms with E-state index in [-0.39, 0.29) is 12.0 Å². The summed E-state index contributed by atoms with van der Waals surface area (Å²) in [5, 5.41) is 2.60. The van der Waals surface area contributed by atoms with Crippen molar-refractivity contribution in [3.05, 3.63) is 60.7 Å². The Hall–Kier alpha value is -1.50. The number of rotatable bonds is 8. The molecule has 2 unspecified atom stereocenters. The highest BCUT2D eigenvalue weighted by atomic mass is 31.1. The summed E-state index contributed by atoms with van der Waals surface area (Å²) in [6, 6.07) is 21.0. The van der Waals surface area contributed by atoms with E-state index in [4.69, 9.17) is 4.74 Å². The predicted octanol–water partition coefficient (Wildman–Crippen LogP) is 3.95. The van der Waals surface area contributed by atoms with Gasteiger partial charge in [-0.3, -0.25) is 0 Å². The van der Waals surface area contributed by atoms with Gasteiger partial charge in [0.05, 0.1) is 12.5 Å². The highest BCUT2D eigenvalue weighted by Crippen LogP contribution is 2.34. The summed E-state index contributed by atoms with van der Waals surface area (Å²) >= 11 is 0. The maximum absolute atomic E-state index is 11.2. The first-order valence-corrected chi connectivity index (χ1v) is 9.60. The lowest BCUT2D eigenvalue weighted by Crippen LogP contribution is -2.30. The monoisotopic (exact) mass is 328 g/mol. The van der Waals surface area contributed by atoms with Gasteiger partial charge >= 0.3 is 0 Å². The Bertz CT molecular complexity index is 544. The molecule has 3 heteroatoms. The molecular formula is C20H25O2P. The van der Waals surface area contributed by atoms with E-state index in [0.717, 1.165) is 6.29 Å². The molecule has 0 heterocycles. The maximum Gasteiger partial charge on any atom is 0.125 e. The smallest absolute Gasteiger partial charge is 0.125 e. The molecule has 0 amide bonds. The van der Waals surface area contributed by atoms with Crippen LogP contribution in [0.4, 0.5) is 0 Å². The van der Waals surface area contributed by atoms with Gasteiger partial charge in [-0.25, -0.2) is 0 Å². The van der Waals surface area contributed by atoms with E-state index in [9.17, 15) is 4.79 Å². The normalized spacial score (nSPS) is 14.0. The molecule has 0 saturated heterocycles. The van der Waals surface area contributed by atoms with E-state index in [1.807, 2.05) is 19.1 Å². The number of carbonyl (C=O) groups is 1. The molecule has 0 N–H and O–H groups in total. The molecule has 2 nitrogen and oxygen atoms in total. The number of ether oxygens (including phenoxy) is 1. The molecule has 0 spiro atoms. The van der Waals surface area contributed by atoms with Crippen molar-refractivity contribution in [2.75, 3.05) is 6.35 Å². The lowest BCUT2D eigenvalue weighted by molar-refractivity contribution is -0.116. The van der Waals surface area contributed by atoms with Gasteiger partial charge in [-0.2, -0.15) is 0 Å². The highest BCUT2D eigenvalue weighted by molar-refractivity contribution is 7.72. The summed E-state index contributed by atoms with van der Waals surface area (Å²) in [5.41, 5.74) is 0. The molecule has 0 radical (unpaired) electrons. The van der Waals surface area contributed by atoms with Crippen molar-refractivity contribution >= 4 is 24.8 Å². The molecule has 0 fully saturated rings. The number of carbonyl (C=O) groups excluding carboxylic acids is 1. The fourth-order valence-corrected chi connectivity index (χ4v) is 4.68. The quantitative estimate of drug-likeness (QED) is 0.542. The standard InChI is InChI=1S/C20H25O2P/c1-16(2)20(17(3)14-21)22-15-23(18-10-6-4-7-11-18)19-12-8-5-9-13-19/h4-14,16-17,20H,15H2,1-3H3. The molecular weight excluding hydrogens is 303 g/mol. The van der Waals surface area contributed by atoms with Gasteiger partial charge in [0, 0.05) is 5.92 Å². The summed E-state index contributed by atoms with van der Waals surface area (Å²) in [5.74, 6) is 0.233. The largest absolute Gasteiger partial charge is 0.372 e. The average Bonchev–Trinajstić information content (AvgIpc) is 2.59. The molecule has 2 atom stereocenters. The second kappa shape index (κ2) is 8.96. The summed E-state index contributed by atoms with van der Waals surface area (Å²) < 4.78 is 6.22. The van der Waals surface area contributed by atoms with Gasteiger partial charge in [-0.15, -0.1) is 0 Å². The molecule has 2 rings (SSSR count). The van der Waals surface area contributed by atoms with Gasteiger partial charge in [0.25, 0.3) is 0 Å². The van der Waals surface area contributed by atoms with E-state index in [2.05, 4.69) is 62.4 Å². The van der Waals surface area contributed by atoms with Gasteiger partial charge in [0.1, 0.15) is 6.29 Å². The first-order valence-electron chi connectivity index (χ1n) is 8.08. The number of aldehydes is 1. The van der Waals surface area contributed by atoms with Crippen LogP contribution >= 0.6 is 7.92 Å². The Labute approximate surface area is 140 Å². The van der Waals surface area contributed by atoms with Crippen molar-refractivity contribution in [1.82, 2.24) is 0 Å². The van der Waals surface area contributed by atoms with Crippen LogP contribution in [-0.2, 0) is 9.53 Å². The van der Waals surface area contributed by atoms with Crippen molar-refractivity contribution in [2.24, 2.45) is 11.8 Å². The Morgan fingerprint density at radius 3 is 1.78 bits per heavy atom. The molecule has 0 bridgehead atoms. The molecule has 0 saturated carbocycles. The van der Waals surface area contributed by atoms with Crippen molar-refractivity contribution < 1.29 is 9.53 Å². The van der Waals surface area contributed by atoms with E-state index in [1.54, 1.807) is 0 Å². The Morgan fingerprint density at radius 2 is 1.39 bits per heavy atom. The molecule has 0 aliphatic carbocycles. The number of hydrogen-bond acceptors (Lipinski definition) is 2. The lowest BCUT2D eigenvalue weighted by Gasteiger charge is -2.27. The van der Waals surface area contributed by atoms with Crippen molar-refractivity contribution in [3.63, 3.8) is 0 Å². The van der Waals surface area contributed by atoms with Gasteiger partial charge < -0.3 is 9.53 Å². The van der Waals surface area contributed by atoms with Gasteiger partial charge in [0.15, 0.2) is 0 Å². The Balaban J connectivity index is 2.20. The number of hydrogen-bond donors (Lipinski definition) is 0. The Kier molecular flexibility index (Phi) is 6.95. The summed E-state index contributed by atoms with van der Waals surface area (Å²) in [7, 11) is -0.576. The molecule has 0 aliphatic heterocycles. The molecule has 0 aliphatic rings. The van der Waals surface area contributed by atoms with Gasteiger partial charge in [-0.05, 0) is 24.4 Å². The molecule has 23 heavy (non-hydrogen) atoms. The minimum Gasteiger partial charge on any atom is -0.372 e. The zero-order chi connectivity index (χ0) is 16.7. The maximum atomic E-state index is 11.2. The van der Waals surface area contributed by atoms with Crippen LogP contribution in [0.2, 0.25) is 0 Å². The third-order valence-corrected chi connectivity index (χ3v) is 6.17. The van der Waals surface area contributed by atoms with E-state index in [1.165, 1.54) is 10.6 Å². The second-order valence-electron chi connectivity index (χ2n) is 6.10. The van der Waals surface area contributed by atoms with Crippen LogP contribution in [0.1, 0.15) is 20.8 Å². The van der Waals surface area contributed by atoms with Crippen LogP contribution in [0, 0.1) is 11.8 Å². The van der Waals surface area contributed by atoms with Crippen LogP contribution < -0.4 is 10.6 Å². The van der Waals surface area contributed by atoms with Gasteiger partial charge in [-0.1, -0.05) is 81.4 Å². The van der Waals surface area contributed by atoms with Crippen LogP contribution in [0.15, 0.2) is 60.7 Å². The SMILES string of the molecule is CC(C)C(OCP(c1ccccc1)c1ccccc1)C(C)C=O. The third-order valence-electron chi connectivity index (χ3n) is 3.92. The first kappa shape index (κ1) is 17.8. The van der Waals surface area contributed by atoms with E-state index < -0.39 is 7.92 Å². The van der Waals surface area contributed by atoms with Crippen molar-refractivity contribution in [2.45, 2.75) is 26.9 Å². The molecule has 2 aromatic carbocycles.